The highest BCUT2D eigenvalue weighted by molar-refractivity contribution is 6.33. The molecule has 0 saturated heterocycles. The molecule has 0 spiro atoms. The summed E-state index contributed by atoms with van der Waals surface area (Å²) in [6.07, 6.45) is 1.13. The van der Waals surface area contributed by atoms with Crippen molar-refractivity contribution in [3.63, 3.8) is 0 Å². The molecule has 1 amide bonds. The minimum absolute atomic E-state index is 0.0123. The Morgan fingerprint density at radius 1 is 1.11 bits per heavy atom. The number of halogens is 1. The summed E-state index contributed by atoms with van der Waals surface area (Å²) in [5.74, 6) is -0.684. The van der Waals surface area contributed by atoms with Gasteiger partial charge in [-0.15, -0.1) is 0 Å². The van der Waals surface area contributed by atoms with E-state index >= 15 is 0 Å². The van der Waals surface area contributed by atoms with Crippen LogP contribution >= 0.6 is 11.6 Å². The number of non-ortho nitro benzene ring substituents is 2. The second kappa shape index (κ2) is 7.40. The summed E-state index contributed by atoms with van der Waals surface area (Å²) in [5, 5.41) is 24.2. The Bertz CT molecular complexity index is 1190. The fourth-order valence-electron chi connectivity index (χ4n) is 2.44. The highest BCUT2D eigenvalue weighted by atomic mass is 35.5. The Labute approximate surface area is 160 Å². The van der Waals surface area contributed by atoms with Gasteiger partial charge >= 0.3 is 0 Å². The van der Waals surface area contributed by atoms with Crippen molar-refractivity contribution in [2.75, 3.05) is 5.32 Å². The Morgan fingerprint density at radius 3 is 2.43 bits per heavy atom. The average molecular weight is 404 g/mol. The van der Waals surface area contributed by atoms with Crippen molar-refractivity contribution in [3.05, 3.63) is 78.3 Å². The molecule has 0 aliphatic carbocycles. The van der Waals surface area contributed by atoms with E-state index in [1.807, 2.05) is 0 Å². The first-order valence-electron chi connectivity index (χ1n) is 7.63. The van der Waals surface area contributed by atoms with E-state index in [0.29, 0.717) is 0 Å². The largest absolute Gasteiger partial charge is 0.323 e. The summed E-state index contributed by atoms with van der Waals surface area (Å²) >= 11 is 5.92. The zero-order chi connectivity index (χ0) is 20.4. The van der Waals surface area contributed by atoms with Crippen LogP contribution in [-0.4, -0.2) is 25.3 Å². The quantitative estimate of drug-likeness (QED) is 0.507. The molecule has 0 radical (unpaired) electrons. The lowest BCUT2D eigenvalue weighted by molar-refractivity contribution is -0.384. The minimum atomic E-state index is -0.684. The minimum Gasteiger partial charge on any atom is -0.323 e. The average Bonchev–Trinajstić information content (AvgIpc) is 2.65. The Balaban J connectivity index is 1.88. The number of amides is 1. The van der Waals surface area contributed by atoms with Crippen molar-refractivity contribution in [1.82, 2.24) is 9.55 Å². The molecule has 3 aromatic rings. The number of hydrogen-bond donors (Lipinski definition) is 1. The van der Waals surface area contributed by atoms with Crippen molar-refractivity contribution in [2.45, 2.75) is 6.54 Å². The molecule has 12 heteroatoms. The van der Waals surface area contributed by atoms with Crippen molar-refractivity contribution in [2.24, 2.45) is 0 Å². The number of nitrogens with zero attached hydrogens (tertiary/aromatic N) is 4. The first-order valence-corrected chi connectivity index (χ1v) is 8.01. The molecule has 1 aromatic heterocycles. The SMILES string of the molecule is O=C(Cn1cnc2ccc([N+](=O)[O-])cc2c1=O)Nc1cc([N+](=O)[O-])ccc1Cl. The lowest BCUT2D eigenvalue weighted by Gasteiger charge is -2.09. The predicted octanol–water partition coefficient (Wildman–Crippen LogP) is 2.50. The second-order valence-electron chi connectivity index (χ2n) is 5.61. The Kier molecular flexibility index (Phi) is 5.00. The highest BCUT2D eigenvalue weighted by Crippen LogP contribution is 2.26. The molecular weight excluding hydrogens is 394 g/mol. The number of carbonyl (C=O) groups is 1. The van der Waals surface area contributed by atoms with E-state index in [9.17, 15) is 29.8 Å². The van der Waals surface area contributed by atoms with E-state index in [1.165, 1.54) is 24.3 Å². The normalized spacial score (nSPS) is 10.6. The molecule has 3 rings (SSSR count). The van der Waals surface area contributed by atoms with Crippen LogP contribution in [0, 0.1) is 20.2 Å². The first kappa shape index (κ1) is 18.9. The van der Waals surface area contributed by atoms with E-state index in [0.717, 1.165) is 23.0 Å². The van der Waals surface area contributed by atoms with Gasteiger partial charge in [-0.2, -0.15) is 0 Å². The van der Waals surface area contributed by atoms with Crippen molar-refractivity contribution < 1.29 is 14.6 Å². The fraction of sp³-hybridized carbons (Fsp3) is 0.0625. The van der Waals surface area contributed by atoms with Gasteiger partial charge in [-0.25, -0.2) is 4.98 Å². The van der Waals surface area contributed by atoms with Gasteiger partial charge in [0.15, 0.2) is 0 Å². The van der Waals surface area contributed by atoms with Crippen LogP contribution in [-0.2, 0) is 11.3 Å². The molecule has 0 fully saturated rings. The van der Waals surface area contributed by atoms with Crippen LogP contribution in [0.25, 0.3) is 10.9 Å². The monoisotopic (exact) mass is 403 g/mol. The Hall–Kier alpha value is -3.86. The number of nitrogens with one attached hydrogen (secondary N) is 1. The van der Waals surface area contributed by atoms with Crippen LogP contribution in [0.15, 0.2) is 47.5 Å². The first-order chi connectivity index (χ1) is 13.3. The van der Waals surface area contributed by atoms with Crippen LogP contribution < -0.4 is 10.9 Å². The summed E-state index contributed by atoms with van der Waals surface area (Å²) < 4.78 is 0.965. The number of fused-ring (bicyclic) bond motifs is 1. The number of carbonyl (C=O) groups excluding carboxylic acids is 1. The molecule has 0 aliphatic heterocycles. The Morgan fingerprint density at radius 2 is 1.75 bits per heavy atom. The molecule has 142 valence electrons. The number of hydrogen-bond acceptors (Lipinski definition) is 7. The zero-order valence-corrected chi connectivity index (χ0v) is 14.6. The van der Waals surface area contributed by atoms with Crippen molar-refractivity contribution in [1.29, 1.82) is 0 Å². The third-order valence-electron chi connectivity index (χ3n) is 3.77. The molecule has 0 saturated carbocycles. The second-order valence-corrected chi connectivity index (χ2v) is 6.01. The van der Waals surface area contributed by atoms with Gasteiger partial charge in [-0.3, -0.25) is 34.4 Å². The number of rotatable bonds is 5. The van der Waals surface area contributed by atoms with E-state index in [-0.39, 0.29) is 33.0 Å². The van der Waals surface area contributed by atoms with Crippen LogP contribution in [0.1, 0.15) is 0 Å². The maximum absolute atomic E-state index is 12.5. The molecule has 1 heterocycles. The topological polar surface area (TPSA) is 150 Å². The van der Waals surface area contributed by atoms with Crippen molar-refractivity contribution >= 4 is 45.5 Å². The van der Waals surface area contributed by atoms with Gasteiger partial charge in [0.05, 0.1) is 37.8 Å². The molecule has 1 N–H and O–H groups in total. The van der Waals surface area contributed by atoms with Crippen LogP contribution in [0.3, 0.4) is 0 Å². The number of aromatic nitrogens is 2. The third kappa shape index (κ3) is 3.78. The molecule has 0 atom stereocenters. The van der Waals surface area contributed by atoms with Gasteiger partial charge in [-0.1, -0.05) is 11.6 Å². The number of benzene rings is 2. The molecule has 11 nitrogen and oxygen atoms in total. The summed E-state index contributed by atoms with van der Waals surface area (Å²) in [4.78, 5) is 49.2. The van der Waals surface area contributed by atoms with Crippen LogP contribution in [0.4, 0.5) is 17.1 Å². The summed E-state index contributed by atoms with van der Waals surface area (Å²) in [7, 11) is 0. The number of anilines is 1. The van der Waals surface area contributed by atoms with Crippen LogP contribution in [0.5, 0.6) is 0 Å². The predicted molar refractivity (Wildman–Crippen MR) is 99.4 cm³/mol. The number of nitro groups is 2. The lowest BCUT2D eigenvalue weighted by atomic mass is 10.2. The van der Waals surface area contributed by atoms with E-state index in [4.69, 9.17) is 11.6 Å². The van der Waals surface area contributed by atoms with Gasteiger partial charge in [0.2, 0.25) is 5.91 Å². The number of nitro benzene ring substituents is 2. The third-order valence-corrected chi connectivity index (χ3v) is 4.10. The van der Waals surface area contributed by atoms with Gasteiger partial charge < -0.3 is 5.32 Å². The highest BCUT2D eigenvalue weighted by Gasteiger charge is 2.15. The van der Waals surface area contributed by atoms with E-state index in [2.05, 4.69) is 10.3 Å². The summed E-state index contributed by atoms with van der Waals surface area (Å²) in [6, 6.07) is 7.17. The molecule has 0 aliphatic rings. The standard InChI is InChI=1S/C16H10ClN5O6/c17-12-3-1-10(22(27)28)6-14(12)19-15(23)7-20-8-18-13-4-2-9(21(25)26)5-11(13)16(20)24/h1-6,8H,7H2,(H,19,23). The van der Waals surface area contributed by atoms with Gasteiger partial charge in [0.25, 0.3) is 16.9 Å². The lowest BCUT2D eigenvalue weighted by Crippen LogP contribution is -2.28. The van der Waals surface area contributed by atoms with Crippen LogP contribution in [0.2, 0.25) is 5.02 Å². The molecular formula is C16H10ClN5O6. The molecule has 2 aromatic carbocycles. The van der Waals surface area contributed by atoms with E-state index < -0.39 is 27.9 Å². The van der Waals surface area contributed by atoms with Gasteiger partial charge in [0.1, 0.15) is 6.54 Å². The maximum Gasteiger partial charge on any atom is 0.271 e. The summed E-state index contributed by atoms with van der Waals surface area (Å²) in [5.41, 5.74) is -0.935. The van der Waals surface area contributed by atoms with E-state index in [1.54, 1.807) is 0 Å². The van der Waals surface area contributed by atoms with Gasteiger partial charge in [0, 0.05) is 24.3 Å². The molecule has 28 heavy (non-hydrogen) atoms. The molecule has 0 bridgehead atoms. The fourth-order valence-corrected chi connectivity index (χ4v) is 2.60. The smallest absolute Gasteiger partial charge is 0.271 e. The van der Waals surface area contributed by atoms with Crippen molar-refractivity contribution in [3.8, 4) is 0 Å². The maximum atomic E-state index is 12.5. The molecule has 0 unspecified atom stereocenters. The van der Waals surface area contributed by atoms with Gasteiger partial charge in [-0.05, 0) is 12.1 Å². The summed E-state index contributed by atoms with van der Waals surface area (Å²) in [6.45, 7) is -0.469. The zero-order valence-electron chi connectivity index (χ0n) is 13.9.